The Balaban J connectivity index is 1.91. The maximum atomic E-state index is 12.0. The number of likely N-dealkylation sites (tertiary alicyclic amines) is 1. The van der Waals surface area contributed by atoms with E-state index in [-0.39, 0.29) is 11.7 Å². The van der Waals surface area contributed by atoms with Crippen molar-refractivity contribution in [2.24, 2.45) is 0 Å². The summed E-state index contributed by atoms with van der Waals surface area (Å²) in [7, 11) is 2.10. The van der Waals surface area contributed by atoms with Crippen molar-refractivity contribution in [1.82, 2.24) is 10.2 Å². The van der Waals surface area contributed by atoms with E-state index in [9.17, 15) is 9.90 Å². The third kappa shape index (κ3) is 3.70. The smallest absolute Gasteiger partial charge is 0.251 e. The van der Waals surface area contributed by atoms with E-state index >= 15 is 0 Å². The van der Waals surface area contributed by atoms with Crippen molar-refractivity contribution >= 4 is 21.8 Å². The van der Waals surface area contributed by atoms with Gasteiger partial charge >= 0.3 is 0 Å². The van der Waals surface area contributed by atoms with Crippen LogP contribution in [-0.2, 0) is 0 Å². The normalized spacial score (nSPS) is 20.2. The zero-order valence-corrected chi connectivity index (χ0v) is 12.6. The number of aromatic hydroxyl groups is 1. The van der Waals surface area contributed by atoms with E-state index in [1.54, 1.807) is 12.1 Å². The third-order valence-corrected chi connectivity index (χ3v) is 4.30. The van der Waals surface area contributed by atoms with Crippen LogP contribution in [0.3, 0.4) is 0 Å². The van der Waals surface area contributed by atoms with Crippen molar-refractivity contribution in [1.29, 1.82) is 0 Å². The van der Waals surface area contributed by atoms with Crippen LogP contribution in [0.2, 0.25) is 0 Å². The monoisotopic (exact) mass is 326 g/mol. The SMILES string of the molecule is CN1CCCCC1CNC(=O)c1ccc(Br)c(O)c1. The van der Waals surface area contributed by atoms with Crippen LogP contribution in [-0.4, -0.2) is 42.1 Å². The minimum atomic E-state index is -0.137. The Morgan fingerprint density at radius 2 is 2.32 bits per heavy atom. The van der Waals surface area contributed by atoms with Crippen LogP contribution in [0.5, 0.6) is 5.75 Å². The van der Waals surface area contributed by atoms with Crippen molar-refractivity contribution in [2.75, 3.05) is 20.1 Å². The van der Waals surface area contributed by atoms with Gasteiger partial charge in [-0.05, 0) is 60.6 Å². The molecule has 0 aliphatic carbocycles. The molecule has 1 fully saturated rings. The lowest BCUT2D eigenvalue weighted by Crippen LogP contribution is -2.44. The van der Waals surface area contributed by atoms with Crippen LogP contribution in [0, 0.1) is 0 Å². The Hall–Kier alpha value is -1.07. The lowest BCUT2D eigenvalue weighted by molar-refractivity contribution is 0.0928. The Labute approximate surface area is 121 Å². The summed E-state index contributed by atoms with van der Waals surface area (Å²) in [6.07, 6.45) is 3.59. The second kappa shape index (κ2) is 6.39. The number of halogens is 1. The van der Waals surface area contributed by atoms with Gasteiger partial charge in [0.1, 0.15) is 5.75 Å². The molecule has 0 bridgehead atoms. The summed E-state index contributed by atoms with van der Waals surface area (Å²) in [6.45, 7) is 1.76. The molecular weight excluding hydrogens is 308 g/mol. The molecule has 19 heavy (non-hydrogen) atoms. The lowest BCUT2D eigenvalue weighted by atomic mass is 10.0. The van der Waals surface area contributed by atoms with E-state index in [0.717, 1.165) is 13.0 Å². The number of rotatable bonds is 3. The van der Waals surface area contributed by atoms with Gasteiger partial charge in [-0.2, -0.15) is 0 Å². The zero-order chi connectivity index (χ0) is 13.8. The van der Waals surface area contributed by atoms with Gasteiger partial charge < -0.3 is 15.3 Å². The van der Waals surface area contributed by atoms with Crippen molar-refractivity contribution in [3.63, 3.8) is 0 Å². The van der Waals surface area contributed by atoms with Gasteiger partial charge in [0.25, 0.3) is 5.91 Å². The predicted octanol–water partition coefficient (Wildman–Crippen LogP) is 2.37. The maximum absolute atomic E-state index is 12.0. The molecule has 0 saturated carbocycles. The van der Waals surface area contributed by atoms with Gasteiger partial charge in [-0.3, -0.25) is 4.79 Å². The van der Waals surface area contributed by atoms with Gasteiger partial charge in [-0.1, -0.05) is 6.42 Å². The molecule has 1 aromatic carbocycles. The van der Waals surface area contributed by atoms with Crippen molar-refractivity contribution in [3.05, 3.63) is 28.2 Å². The number of likely N-dealkylation sites (N-methyl/N-ethyl adjacent to an activating group) is 1. The molecule has 1 amide bonds. The van der Waals surface area contributed by atoms with Gasteiger partial charge in [-0.25, -0.2) is 0 Å². The fraction of sp³-hybridized carbons (Fsp3) is 0.500. The van der Waals surface area contributed by atoms with Crippen LogP contribution >= 0.6 is 15.9 Å². The molecule has 1 saturated heterocycles. The van der Waals surface area contributed by atoms with Gasteiger partial charge in [0.15, 0.2) is 0 Å². The van der Waals surface area contributed by atoms with E-state index in [1.165, 1.54) is 18.9 Å². The molecule has 5 heteroatoms. The van der Waals surface area contributed by atoms with Gasteiger partial charge in [-0.15, -0.1) is 0 Å². The Kier molecular flexibility index (Phi) is 4.82. The largest absolute Gasteiger partial charge is 0.507 e. The number of carbonyl (C=O) groups excluding carboxylic acids is 1. The molecule has 1 aliphatic rings. The highest BCUT2D eigenvalue weighted by Gasteiger charge is 2.19. The number of amides is 1. The number of phenolic OH excluding ortho intramolecular Hbond substituents is 1. The van der Waals surface area contributed by atoms with E-state index in [4.69, 9.17) is 0 Å². The topological polar surface area (TPSA) is 52.6 Å². The summed E-state index contributed by atoms with van der Waals surface area (Å²) in [6, 6.07) is 5.27. The summed E-state index contributed by atoms with van der Waals surface area (Å²) in [4.78, 5) is 14.3. The van der Waals surface area contributed by atoms with Gasteiger partial charge in [0.2, 0.25) is 0 Å². The Bertz CT molecular complexity index is 465. The average Bonchev–Trinajstić information content (AvgIpc) is 2.40. The summed E-state index contributed by atoms with van der Waals surface area (Å²) < 4.78 is 0.594. The number of nitrogens with one attached hydrogen (secondary N) is 1. The maximum Gasteiger partial charge on any atom is 0.251 e. The molecule has 1 heterocycles. The van der Waals surface area contributed by atoms with Crippen LogP contribution in [0.4, 0.5) is 0 Å². The number of piperidine rings is 1. The summed E-state index contributed by atoms with van der Waals surface area (Å²) in [5, 5.41) is 12.5. The highest BCUT2D eigenvalue weighted by atomic mass is 79.9. The van der Waals surface area contributed by atoms with Crippen LogP contribution in [0.15, 0.2) is 22.7 Å². The van der Waals surface area contributed by atoms with Crippen molar-refractivity contribution in [3.8, 4) is 5.75 Å². The van der Waals surface area contributed by atoms with Crippen molar-refractivity contribution < 1.29 is 9.90 Å². The Morgan fingerprint density at radius 3 is 3.00 bits per heavy atom. The number of phenols is 1. The molecular formula is C14H19BrN2O2. The highest BCUT2D eigenvalue weighted by Crippen LogP contribution is 2.24. The van der Waals surface area contributed by atoms with Crippen molar-refractivity contribution in [2.45, 2.75) is 25.3 Å². The number of benzene rings is 1. The second-order valence-corrected chi connectivity index (χ2v) is 5.86. The summed E-state index contributed by atoms with van der Waals surface area (Å²) >= 11 is 3.20. The summed E-state index contributed by atoms with van der Waals surface area (Å²) in [5.74, 6) is -0.0517. The Morgan fingerprint density at radius 1 is 1.53 bits per heavy atom. The molecule has 2 rings (SSSR count). The molecule has 1 aromatic rings. The van der Waals surface area contributed by atoms with E-state index in [1.807, 2.05) is 0 Å². The fourth-order valence-electron chi connectivity index (χ4n) is 2.37. The molecule has 1 aliphatic heterocycles. The van der Waals surface area contributed by atoms with E-state index in [0.29, 0.717) is 22.6 Å². The van der Waals surface area contributed by atoms with E-state index in [2.05, 4.69) is 33.2 Å². The first-order valence-corrected chi connectivity index (χ1v) is 7.34. The first kappa shape index (κ1) is 14.3. The molecule has 0 aromatic heterocycles. The number of nitrogens with zero attached hydrogens (tertiary/aromatic N) is 1. The van der Waals surface area contributed by atoms with Gasteiger partial charge in [0.05, 0.1) is 4.47 Å². The fourth-order valence-corrected chi connectivity index (χ4v) is 2.62. The van der Waals surface area contributed by atoms with Gasteiger partial charge in [0, 0.05) is 18.2 Å². The van der Waals surface area contributed by atoms with Crippen LogP contribution in [0.25, 0.3) is 0 Å². The molecule has 1 atom stereocenters. The molecule has 0 radical (unpaired) electrons. The second-order valence-electron chi connectivity index (χ2n) is 5.01. The first-order valence-electron chi connectivity index (χ1n) is 6.55. The highest BCUT2D eigenvalue weighted by molar-refractivity contribution is 9.10. The van der Waals surface area contributed by atoms with E-state index < -0.39 is 0 Å². The molecule has 104 valence electrons. The third-order valence-electron chi connectivity index (χ3n) is 3.63. The minimum absolute atomic E-state index is 0.0856. The predicted molar refractivity (Wildman–Crippen MR) is 78.4 cm³/mol. The molecule has 0 spiro atoms. The molecule has 2 N–H and O–H groups in total. The van der Waals surface area contributed by atoms with Crippen LogP contribution in [0.1, 0.15) is 29.6 Å². The number of hydrogen-bond acceptors (Lipinski definition) is 3. The summed E-state index contributed by atoms with van der Waals surface area (Å²) in [5.41, 5.74) is 0.485. The first-order chi connectivity index (χ1) is 9.08. The quantitative estimate of drug-likeness (QED) is 0.896. The molecule has 1 unspecified atom stereocenters. The number of hydrogen-bond donors (Lipinski definition) is 2. The van der Waals surface area contributed by atoms with Crippen LogP contribution < -0.4 is 5.32 Å². The standard InChI is InChI=1S/C14H19BrN2O2/c1-17-7-3-2-4-11(17)9-16-14(19)10-5-6-12(15)13(18)8-10/h5-6,8,11,18H,2-4,7,9H2,1H3,(H,16,19). The lowest BCUT2D eigenvalue weighted by Gasteiger charge is -2.32. The number of carbonyl (C=O) groups is 1. The molecule has 4 nitrogen and oxygen atoms in total. The zero-order valence-electron chi connectivity index (χ0n) is 11.0. The minimum Gasteiger partial charge on any atom is -0.507 e. The average molecular weight is 327 g/mol.